The molecule has 2 aromatic rings. The lowest BCUT2D eigenvalue weighted by atomic mass is 10.1. The van der Waals surface area contributed by atoms with Crippen molar-refractivity contribution < 1.29 is 4.79 Å². The Kier molecular flexibility index (Phi) is 6.11. The molecule has 0 saturated carbocycles. The Morgan fingerprint density at radius 3 is 2.30 bits per heavy atom. The molecule has 0 fully saturated rings. The van der Waals surface area contributed by atoms with E-state index in [1.165, 1.54) is 5.56 Å². The second kappa shape index (κ2) is 8.29. The fourth-order valence-electron chi connectivity index (χ4n) is 2.09. The van der Waals surface area contributed by atoms with Crippen LogP contribution >= 0.6 is 12.2 Å². The number of rotatable bonds is 5. The van der Waals surface area contributed by atoms with Gasteiger partial charge in [0.15, 0.2) is 5.11 Å². The van der Waals surface area contributed by atoms with Crippen LogP contribution in [0.5, 0.6) is 0 Å². The van der Waals surface area contributed by atoms with Crippen LogP contribution in [-0.2, 0) is 6.42 Å². The first kappa shape index (κ1) is 17.0. The Morgan fingerprint density at radius 2 is 1.70 bits per heavy atom. The van der Waals surface area contributed by atoms with Crippen molar-refractivity contribution in [2.45, 2.75) is 6.42 Å². The minimum absolute atomic E-state index is 0.0138. The van der Waals surface area contributed by atoms with Gasteiger partial charge in [0.25, 0.3) is 5.91 Å². The van der Waals surface area contributed by atoms with Crippen LogP contribution in [0, 0.1) is 0 Å². The zero-order chi connectivity index (χ0) is 16.7. The van der Waals surface area contributed by atoms with Gasteiger partial charge in [-0.1, -0.05) is 30.3 Å². The molecule has 2 aromatic carbocycles. The first-order valence-electron chi connectivity index (χ1n) is 7.47. The van der Waals surface area contributed by atoms with E-state index in [0.29, 0.717) is 10.7 Å². The van der Waals surface area contributed by atoms with Gasteiger partial charge in [-0.05, 0) is 48.5 Å². The third-order valence-corrected chi connectivity index (χ3v) is 3.58. The molecule has 0 saturated heterocycles. The monoisotopic (exact) mass is 327 g/mol. The summed E-state index contributed by atoms with van der Waals surface area (Å²) < 4.78 is 0. The Labute approximate surface area is 142 Å². The van der Waals surface area contributed by atoms with E-state index in [2.05, 4.69) is 22.8 Å². The van der Waals surface area contributed by atoms with E-state index >= 15 is 0 Å². The zero-order valence-electron chi connectivity index (χ0n) is 13.4. The predicted molar refractivity (Wildman–Crippen MR) is 98.8 cm³/mol. The van der Waals surface area contributed by atoms with Gasteiger partial charge in [0.2, 0.25) is 0 Å². The largest absolute Gasteiger partial charge is 0.362 e. The van der Waals surface area contributed by atoms with Gasteiger partial charge in [-0.3, -0.25) is 4.79 Å². The molecule has 1 amide bonds. The van der Waals surface area contributed by atoms with Crippen LogP contribution in [0.1, 0.15) is 15.9 Å². The van der Waals surface area contributed by atoms with Gasteiger partial charge in [0.05, 0.1) is 0 Å². The maximum Gasteiger partial charge on any atom is 0.253 e. The van der Waals surface area contributed by atoms with Gasteiger partial charge in [-0.25, -0.2) is 0 Å². The summed E-state index contributed by atoms with van der Waals surface area (Å²) >= 11 is 5.28. The summed E-state index contributed by atoms with van der Waals surface area (Å²) in [7, 11) is 3.47. The van der Waals surface area contributed by atoms with Crippen LogP contribution < -0.4 is 10.6 Å². The lowest BCUT2D eigenvalue weighted by molar-refractivity contribution is 0.0827. The van der Waals surface area contributed by atoms with Gasteiger partial charge in [0.1, 0.15) is 0 Å². The highest BCUT2D eigenvalue weighted by atomic mass is 32.1. The second-order valence-electron chi connectivity index (χ2n) is 5.39. The van der Waals surface area contributed by atoms with Crippen LogP contribution in [0.3, 0.4) is 0 Å². The number of thiocarbonyl (C=S) groups is 1. The Bertz CT molecular complexity index is 654. The zero-order valence-corrected chi connectivity index (χ0v) is 14.2. The highest BCUT2D eigenvalue weighted by molar-refractivity contribution is 7.80. The van der Waals surface area contributed by atoms with Crippen molar-refractivity contribution in [1.29, 1.82) is 0 Å². The minimum Gasteiger partial charge on any atom is -0.362 e. The van der Waals surface area contributed by atoms with E-state index < -0.39 is 0 Å². The maximum absolute atomic E-state index is 11.8. The molecule has 120 valence electrons. The average molecular weight is 327 g/mol. The molecular formula is C18H21N3OS. The molecule has 2 rings (SSSR count). The van der Waals surface area contributed by atoms with E-state index in [-0.39, 0.29) is 5.91 Å². The molecule has 0 atom stereocenters. The number of carbonyl (C=O) groups is 1. The number of carbonyl (C=O) groups excluding carboxylic acids is 1. The Balaban J connectivity index is 1.80. The number of anilines is 1. The number of nitrogens with one attached hydrogen (secondary N) is 2. The molecule has 0 aliphatic heterocycles. The normalized spacial score (nSPS) is 10.0. The molecule has 4 nitrogen and oxygen atoms in total. The molecule has 0 aliphatic rings. The highest BCUT2D eigenvalue weighted by Gasteiger charge is 2.07. The van der Waals surface area contributed by atoms with Crippen LogP contribution in [0.4, 0.5) is 5.69 Å². The van der Waals surface area contributed by atoms with Crippen molar-refractivity contribution in [3.63, 3.8) is 0 Å². The maximum atomic E-state index is 11.8. The number of amides is 1. The van der Waals surface area contributed by atoms with Crippen molar-refractivity contribution in [2.24, 2.45) is 0 Å². The SMILES string of the molecule is CN(C)C(=O)c1ccc(NC(=S)NCCc2ccccc2)cc1. The quantitative estimate of drug-likeness (QED) is 0.829. The van der Waals surface area contributed by atoms with Crippen LogP contribution in [0.15, 0.2) is 54.6 Å². The molecule has 5 heteroatoms. The smallest absolute Gasteiger partial charge is 0.253 e. The Hall–Kier alpha value is -2.40. The van der Waals surface area contributed by atoms with E-state index in [9.17, 15) is 4.79 Å². The fraction of sp³-hybridized carbons (Fsp3) is 0.222. The third-order valence-electron chi connectivity index (χ3n) is 3.34. The number of benzene rings is 2. The summed E-state index contributed by atoms with van der Waals surface area (Å²) in [5.74, 6) is -0.0138. The van der Waals surface area contributed by atoms with E-state index in [0.717, 1.165) is 18.7 Å². The number of hydrogen-bond donors (Lipinski definition) is 2. The standard InChI is InChI=1S/C18H21N3OS/c1-21(2)17(22)15-8-10-16(11-9-15)20-18(23)19-13-12-14-6-4-3-5-7-14/h3-11H,12-13H2,1-2H3,(H2,19,20,23). The number of hydrogen-bond acceptors (Lipinski definition) is 2. The summed E-state index contributed by atoms with van der Waals surface area (Å²) in [6.07, 6.45) is 0.916. The van der Waals surface area contributed by atoms with Gasteiger partial charge >= 0.3 is 0 Å². The predicted octanol–water partition coefficient (Wildman–Crippen LogP) is 2.92. The lowest BCUT2D eigenvalue weighted by Gasteiger charge is -2.12. The topological polar surface area (TPSA) is 44.4 Å². The van der Waals surface area contributed by atoms with E-state index in [1.807, 2.05) is 30.3 Å². The molecule has 0 radical (unpaired) electrons. The first-order chi connectivity index (χ1) is 11.1. The molecule has 0 heterocycles. The van der Waals surface area contributed by atoms with Gasteiger partial charge in [0, 0.05) is 31.9 Å². The van der Waals surface area contributed by atoms with E-state index in [4.69, 9.17) is 12.2 Å². The van der Waals surface area contributed by atoms with Crippen molar-refractivity contribution in [2.75, 3.05) is 26.0 Å². The van der Waals surface area contributed by atoms with E-state index in [1.54, 1.807) is 31.1 Å². The molecule has 0 spiro atoms. The van der Waals surface area contributed by atoms with Crippen molar-refractivity contribution in [1.82, 2.24) is 10.2 Å². The van der Waals surface area contributed by atoms with Crippen molar-refractivity contribution >= 4 is 28.9 Å². The second-order valence-corrected chi connectivity index (χ2v) is 5.80. The summed E-state index contributed by atoms with van der Waals surface area (Å²) in [4.78, 5) is 13.4. The summed E-state index contributed by atoms with van der Waals surface area (Å²) in [5.41, 5.74) is 2.79. The first-order valence-corrected chi connectivity index (χ1v) is 7.87. The van der Waals surface area contributed by atoms with Crippen molar-refractivity contribution in [3.8, 4) is 0 Å². The van der Waals surface area contributed by atoms with Crippen LogP contribution in [0.25, 0.3) is 0 Å². The lowest BCUT2D eigenvalue weighted by Crippen LogP contribution is -2.30. The molecule has 23 heavy (non-hydrogen) atoms. The highest BCUT2D eigenvalue weighted by Crippen LogP contribution is 2.10. The van der Waals surface area contributed by atoms with Crippen molar-refractivity contribution in [3.05, 3.63) is 65.7 Å². The molecule has 0 aliphatic carbocycles. The van der Waals surface area contributed by atoms with Gasteiger partial charge < -0.3 is 15.5 Å². The molecule has 0 bridgehead atoms. The van der Waals surface area contributed by atoms with Crippen LogP contribution in [0.2, 0.25) is 0 Å². The van der Waals surface area contributed by atoms with Gasteiger partial charge in [-0.2, -0.15) is 0 Å². The molecule has 0 aromatic heterocycles. The number of nitrogens with zero attached hydrogens (tertiary/aromatic N) is 1. The van der Waals surface area contributed by atoms with Crippen LogP contribution in [-0.4, -0.2) is 36.6 Å². The summed E-state index contributed by atoms with van der Waals surface area (Å²) in [6.45, 7) is 0.771. The summed E-state index contributed by atoms with van der Waals surface area (Å²) in [5, 5.41) is 6.88. The minimum atomic E-state index is -0.0138. The molecule has 2 N–H and O–H groups in total. The third kappa shape index (κ3) is 5.38. The average Bonchev–Trinajstić information content (AvgIpc) is 2.56. The fourth-order valence-corrected chi connectivity index (χ4v) is 2.31. The molecular weight excluding hydrogens is 306 g/mol. The summed E-state index contributed by atoms with van der Waals surface area (Å²) in [6, 6.07) is 17.5. The molecule has 0 unspecified atom stereocenters. The Morgan fingerprint density at radius 1 is 1.04 bits per heavy atom. The van der Waals surface area contributed by atoms with Gasteiger partial charge in [-0.15, -0.1) is 0 Å².